The molecule has 6 nitrogen and oxygen atoms in total. The van der Waals surface area contributed by atoms with Gasteiger partial charge in [-0.15, -0.1) is 0 Å². The molecule has 2 heterocycles. The van der Waals surface area contributed by atoms with Crippen molar-refractivity contribution in [3.63, 3.8) is 0 Å². The molecule has 0 aromatic carbocycles. The van der Waals surface area contributed by atoms with E-state index in [-0.39, 0.29) is 6.54 Å². The highest BCUT2D eigenvalue weighted by Gasteiger charge is 2.31. The zero-order chi connectivity index (χ0) is 14.7. The van der Waals surface area contributed by atoms with E-state index >= 15 is 0 Å². The average Bonchev–Trinajstić information content (AvgIpc) is 3.31. The molecule has 2 aliphatic heterocycles. The van der Waals surface area contributed by atoms with Crippen LogP contribution in [0, 0.1) is 6.54 Å². The molecule has 1 unspecified atom stereocenters. The first-order chi connectivity index (χ1) is 10.2. The minimum Gasteiger partial charge on any atom is -0.480 e. The van der Waals surface area contributed by atoms with Gasteiger partial charge >= 0.3 is 5.97 Å². The Labute approximate surface area is 127 Å². The molecule has 119 valence electrons. The summed E-state index contributed by atoms with van der Waals surface area (Å²) in [7, 11) is 0. The molecule has 0 bridgehead atoms. The quantitative estimate of drug-likeness (QED) is 0.700. The third kappa shape index (κ3) is 4.39. The molecule has 1 radical (unpaired) electrons. The number of carbonyl (C=O) groups is 1. The van der Waals surface area contributed by atoms with Gasteiger partial charge in [0.1, 0.15) is 0 Å². The van der Waals surface area contributed by atoms with E-state index in [0.717, 1.165) is 32.1 Å². The maximum atomic E-state index is 10.9. The first-order valence-corrected chi connectivity index (χ1v) is 8.20. The van der Waals surface area contributed by atoms with Crippen LogP contribution in [-0.4, -0.2) is 90.2 Å². The van der Waals surface area contributed by atoms with Crippen LogP contribution in [0.3, 0.4) is 0 Å². The summed E-state index contributed by atoms with van der Waals surface area (Å²) in [6.07, 6.45) is 3.83. The van der Waals surface area contributed by atoms with Crippen LogP contribution in [-0.2, 0) is 4.79 Å². The Morgan fingerprint density at radius 2 is 2.00 bits per heavy atom. The van der Waals surface area contributed by atoms with Crippen LogP contribution < -0.4 is 5.32 Å². The molecule has 0 aromatic heterocycles. The molecule has 6 heteroatoms. The van der Waals surface area contributed by atoms with Gasteiger partial charge in [0, 0.05) is 57.9 Å². The third-order valence-corrected chi connectivity index (χ3v) is 4.89. The lowest BCUT2D eigenvalue weighted by Gasteiger charge is -2.38. The zero-order valence-corrected chi connectivity index (χ0v) is 12.7. The van der Waals surface area contributed by atoms with Crippen LogP contribution in [0.4, 0.5) is 0 Å². The molecule has 3 aliphatic rings. The number of hydrogen-bond donors (Lipinski definition) is 2. The first kappa shape index (κ1) is 15.2. The minimum absolute atomic E-state index is 0.127. The van der Waals surface area contributed by atoms with Crippen LogP contribution in [0.2, 0.25) is 0 Å². The highest BCUT2D eigenvalue weighted by atomic mass is 16.4. The highest BCUT2D eigenvalue weighted by Crippen LogP contribution is 2.27. The minimum atomic E-state index is -0.740. The molecular weight excluding hydrogens is 268 g/mol. The van der Waals surface area contributed by atoms with Gasteiger partial charge in [-0.05, 0) is 25.8 Å². The second-order valence-corrected chi connectivity index (χ2v) is 6.46. The Balaban J connectivity index is 1.39. The van der Waals surface area contributed by atoms with E-state index < -0.39 is 5.97 Å². The Morgan fingerprint density at radius 3 is 2.67 bits per heavy atom. The summed E-state index contributed by atoms with van der Waals surface area (Å²) in [5, 5.41) is 12.3. The maximum Gasteiger partial charge on any atom is 0.317 e. The fourth-order valence-corrected chi connectivity index (χ4v) is 3.44. The van der Waals surface area contributed by atoms with Crippen LogP contribution in [0.1, 0.15) is 19.3 Å². The zero-order valence-electron chi connectivity index (χ0n) is 12.7. The van der Waals surface area contributed by atoms with Crippen molar-refractivity contribution in [1.82, 2.24) is 20.0 Å². The van der Waals surface area contributed by atoms with Gasteiger partial charge in [0.2, 0.25) is 0 Å². The van der Waals surface area contributed by atoms with Gasteiger partial charge < -0.3 is 15.3 Å². The van der Waals surface area contributed by atoms with Crippen molar-refractivity contribution >= 4 is 5.97 Å². The topological polar surface area (TPSA) is 59.1 Å². The molecule has 0 amide bonds. The van der Waals surface area contributed by atoms with Crippen LogP contribution in [0.25, 0.3) is 0 Å². The highest BCUT2D eigenvalue weighted by molar-refractivity contribution is 5.69. The van der Waals surface area contributed by atoms with Crippen molar-refractivity contribution < 1.29 is 9.90 Å². The molecule has 2 saturated heterocycles. The van der Waals surface area contributed by atoms with Crippen LogP contribution >= 0.6 is 0 Å². The van der Waals surface area contributed by atoms with E-state index in [4.69, 9.17) is 5.11 Å². The van der Waals surface area contributed by atoms with E-state index in [1.54, 1.807) is 0 Å². The summed E-state index contributed by atoms with van der Waals surface area (Å²) < 4.78 is 0. The second-order valence-electron chi connectivity index (χ2n) is 6.46. The number of nitrogens with one attached hydrogen (secondary N) is 1. The summed E-state index contributed by atoms with van der Waals surface area (Å²) in [5.41, 5.74) is 0. The van der Waals surface area contributed by atoms with Crippen LogP contribution in [0.5, 0.6) is 0 Å². The van der Waals surface area contributed by atoms with Crippen molar-refractivity contribution in [2.45, 2.75) is 31.3 Å². The summed E-state index contributed by atoms with van der Waals surface area (Å²) in [5.74, 6) is -0.740. The van der Waals surface area contributed by atoms with Gasteiger partial charge in [-0.3, -0.25) is 14.6 Å². The van der Waals surface area contributed by atoms with Crippen molar-refractivity contribution in [1.29, 1.82) is 0 Å². The van der Waals surface area contributed by atoms with Gasteiger partial charge in [-0.2, -0.15) is 0 Å². The smallest absolute Gasteiger partial charge is 0.317 e. The van der Waals surface area contributed by atoms with Gasteiger partial charge in [0.25, 0.3) is 0 Å². The monoisotopic (exact) mass is 295 g/mol. The lowest BCUT2D eigenvalue weighted by atomic mass is 10.1. The molecule has 3 rings (SSSR count). The number of nitrogens with zero attached hydrogens (tertiary/aromatic N) is 3. The number of carboxylic acid groups (broad SMARTS) is 1. The molecule has 0 aromatic rings. The SMILES string of the molecule is O=C(O)CN1[CH]CNCC1CCN1CCN(C2CC2)CC1. The summed E-state index contributed by atoms with van der Waals surface area (Å²) in [6, 6.07) is 1.20. The van der Waals surface area contributed by atoms with Crippen molar-refractivity contribution in [3.8, 4) is 0 Å². The predicted molar refractivity (Wildman–Crippen MR) is 81.0 cm³/mol. The summed E-state index contributed by atoms with van der Waals surface area (Å²) in [6.45, 7) is 9.62. The summed E-state index contributed by atoms with van der Waals surface area (Å²) >= 11 is 0. The van der Waals surface area contributed by atoms with Gasteiger partial charge in [0.05, 0.1) is 6.54 Å². The van der Waals surface area contributed by atoms with E-state index in [1.807, 2.05) is 11.4 Å². The molecule has 1 saturated carbocycles. The first-order valence-electron chi connectivity index (χ1n) is 8.20. The van der Waals surface area contributed by atoms with Gasteiger partial charge in [0.15, 0.2) is 0 Å². The van der Waals surface area contributed by atoms with Gasteiger partial charge in [-0.1, -0.05) is 0 Å². The number of piperazine rings is 2. The third-order valence-electron chi connectivity index (χ3n) is 4.89. The Bertz CT molecular complexity index is 354. The molecular formula is C15H27N4O2. The molecule has 3 fully saturated rings. The van der Waals surface area contributed by atoms with Crippen molar-refractivity contribution in [2.75, 3.05) is 52.4 Å². The molecule has 1 aliphatic carbocycles. The normalized spacial score (nSPS) is 29.6. The number of carboxylic acids is 1. The molecule has 2 N–H and O–H groups in total. The van der Waals surface area contributed by atoms with E-state index in [9.17, 15) is 4.79 Å². The Hall–Kier alpha value is -0.690. The number of rotatable bonds is 6. The maximum absolute atomic E-state index is 10.9. The average molecular weight is 295 g/mol. The second kappa shape index (κ2) is 7.05. The predicted octanol–water partition coefficient (Wildman–Crippen LogP) is -0.323. The Kier molecular flexibility index (Phi) is 5.11. The fraction of sp³-hybridized carbons (Fsp3) is 0.867. The van der Waals surface area contributed by atoms with Crippen molar-refractivity contribution in [2.24, 2.45) is 0 Å². The number of hydrogen-bond acceptors (Lipinski definition) is 5. The molecule has 0 spiro atoms. The molecule has 21 heavy (non-hydrogen) atoms. The fourth-order valence-electron chi connectivity index (χ4n) is 3.44. The van der Waals surface area contributed by atoms with E-state index in [2.05, 4.69) is 15.1 Å². The largest absolute Gasteiger partial charge is 0.480 e. The number of aliphatic carboxylic acids is 1. The summed E-state index contributed by atoms with van der Waals surface area (Å²) in [4.78, 5) is 18.1. The van der Waals surface area contributed by atoms with Crippen LogP contribution in [0.15, 0.2) is 0 Å². The lowest BCUT2D eigenvalue weighted by molar-refractivity contribution is -0.138. The Morgan fingerprint density at radius 1 is 1.24 bits per heavy atom. The van der Waals surface area contributed by atoms with E-state index in [0.29, 0.717) is 6.04 Å². The standard InChI is InChI=1S/C15H27N4O2/c20-15(21)12-19-6-4-16-11-14(19)3-5-17-7-9-18(10-8-17)13-1-2-13/h6,13-14,16H,1-5,7-12H2,(H,20,21). The molecule has 1 atom stereocenters. The van der Waals surface area contributed by atoms with Crippen molar-refractivity contribution in [3.05, 3.63) is 6.54 Å². The lowest BCUT2D eigenvalue weighted by Crippen LogP contribution is -2.52. The van der Waals surface area contributed by atoms with Gasteiger partial charge in [-0.25, -0.2) is 0 Å². The van der Waals surface area contributed by atoms with E-state index in [1.165, 1.54) is 39.0 Å².